The van der Waals surface area contributed by atoms with Gasteiger partial charge in [-0.05, 0) is 19.3 Å². The highest BCUT2D eigenvalue weighted by Crippen LogP contribution is 2.20. The predicted octanol–water partition coefficient (Wildman–Crippen LogP) is 1.45. The van der Waals surface area contributed by atoms with Crippen LogP contribution in [0.3, 0.4) is 0 Å². The van der Waals surface area contributed by atoms with Crippen LogP contribution in [0, 0.1) is 0 Å². The van der Waals surface area contributed by atoms with Crippen LogP contribution >= 0.6 is 15.9 Å². The zero-order chi connectivity index (χ0) is 11.3. The summed E-state index contributed by atoms with van der Waals surface area (Å²) in [5.74, 6) is -0.413. The summed E-state index contributed by atoms with van der Waals surface area (Å²) in [4.78, 5) is 24.3. The maximum absolute atomic E-state index is 11.5. The van der Waals surface area contributed by atoms with Gasteiger partial charge >= 0.3 is 5.97 Å². The molecule has 0 aliphatic carbocycles. The van der Waals surface area contributed by atoms with Gasteiger partial charge in [-0.2, -0.15) is 0 Å². The van der Waals surface area contributed by atoms with Gasteiger partial charge in [-0.1, -0.05) is 15.9 Å². The average molecular weight is 276 g/mol. The second-order valence-electron chi connectivity index (χ2n) is 3.29. The first-order valence-corrected chi connectivity index (χ1v) is 5.96. The van der Waals surface area contributed by atoms with Crippen molar-refractivity contribution in [2.24, 2.45) is 0 Å². The number of esters is 1. The fourth-order valence-corrected chi connectivity index (χ4v) is 1.86. The van der Waals surface area contributed by atoms with Gasteiger partial charge in [0.05, 0.1) is 12.4 Å². The van der Waals surface area contributed by atoms with Crippen LogP contribution in [0.15, 0.2) is 11.8 Å². The second kappa shape index (κ2) is 5.90. The van der Waals surface area contributed by atoms with E-state index in [1.807, 2.05) is 0 Å². The van der Waals surface area contributed by atoms with Gasteiger partial charge in [-0.15, -0.1) is 0 Å². The first-order chi connectivity index (χ1) is 7.19. The van der Waals surface area contributed by atoms with E-state index in [2.05, 4.69) is 20.7 Å². The highest BCUT2D eigenvalue weighted by Gasteiger charge is 2.21. The molecule has 1 amide bonds. The number of amides is 1. The Bertz CT molecular complexity index is 288. The van der Waals surface area contributed by atoms with Gasteiger partial charge in [-0.3, -0.25) is 4.79 Å². The lowest BCUT2D eigenvalue weighted by atomic mass is 10.1. The van der Waals surface area contributed by atoms with Crippen LogP contribution in [0.2, 0.25) is 0 Å². The number of rotatable bonds is 2. The van der Waals surface area contributed by atoms with E-state index >= 15 is 0 Å². The molecule has 0 saturated carbocycles. The number of alkyl halides is 1. The van der Waals surface area contributed by atoms with Crippen LogP contribution in [0.1, 0.15) is 19.3 Å². The van der Waals surface area contributed by atoms with Gasteiger partial charge in [0.15, 0.2) is 0 Å². The van der Waals surface area contributed by atoms with Gasteiger partial charge in [0.25, 0.3) is 0 Å². The molecular weight excluding hydrogens is 262 g/mol. The van der Waals surface area contributed by atoms with E-state index in [-0.39, 0.29) is 11.2 Å². The molecular formula is C10H14BrNO3. The molecule has 0 aromatic carbocycles. The summed E-state index contributed by atoms with van der Waals surface area (Å²) >= 11 is 3.13. The summed E-state index contributed by atoms with van der Waals surface area (Å²) in [6, 6.07) is 0. The molecule has 0 N–H and O–H groups in total. The second-order valence-corrected chi connectivity index (χ2v) is 3.86. The fraction of sp³-hybridized carbons (Fsp3) is 0.600. The van der Waals surface area contributed by atoms with Crippen molar-refractivity contribution in [2.45, 2.75) is 19.3 Å². The molecule has 0 bridgehead atoms. The Morgan fingerprint density at radius 1 is 1.53 bits per heavy atom. The smallest absolute Gasteiger partial charge is 0.332 e. The predicted molar refractivity (Wildman–Crippen MR) is 59.5 cm³/mol. The lowest BCUT2D eigenvalue weighted by molar-refractivity contribution is -0.135. The van der Waals surface area contributed by atoms with Crippen molar-refractivity contribution in [2.75, 3.05) is 19.0 Å². The summed E-state index contributed by atoms with van der Waals surface area (Å²) in [5, 5.41) is 0.283. The van der Waals surface area contributed by atoms with E-state index in [0.29, 0.717) is 6.54 Å². The molecule has 1 fully saturated rings. The van der Waals surface area contributed by atoms with Gasteiger partial charge in [-0.25, -0.2) is 4.79 Å². The molecule has 0 unspecified atom stereocenters. The molecule has 1 aliphatic rings. The van der Waals surface area contributed by atoms with Crippen LogP contribution in [0.25, 0.3) is 0 Å². The van der Waals surface area contributed by atoms with Gasteiger partial charge in [0.1, 0.15) is 0 Å². The number of halogens is 1. The molecule has 1 saturated heterocycles. The van der Waals surface area contributed by atoms with Crippen molar-refractivity contribution >= 4 is 27.8 Å². The number of nitrogens with zero attached hydrogens (tertiary/aromatic N) is 1. The lowest BCUT2D eigenvalue weighted by Gasteiger charge is -2.29. The third kappa shape index (κ3) is 3.34. The van der Waals surface area contributed by atoms with Crippen LogP contribution in [-0.2, 0) is 14.3 Å². The molecule has 15 heavy (non-hydrogen) atoms. The quantitative estimate of drug-likeness (QED) is 0.435. The molecule has 5 heteroatoms. The number of hydrogen-bond acceptors (Lipinski definition) is 3. The van der Waals surface area contributed by atoms with Gasteiger partial charge in [0.2, 0.25) is 5.91 Å². The van der Waals surface area contributed by atoms with Gasteiger partial charge in [0, 0.05) is 18.3 Å². The van der Waals surface area contributed by atoms with E-state index < -0.39 is 5.97 Å². The molecule has 0 aromatic heterocycles. The highest BCUT2D eigenvalue weighted by atomic mass is 79.9. The summed E-state index contributed by atoms with van der Waals surface area (Å²) in [5.41, 5.74) is 0.762. The number of ether oxygens (including phenoxy) is 1. The van der Waals surface area contributed by atoms with Crippen LogP contribution < -0.4 is 0 Å². The minimum atomic E-state index is -0.403. The van der Waals surface area contributed by atoms with E-state index in [0.717, 1.165) is 25.0 Å². The first-order valence-electron chi connectivity index (χ1n) is 4.84. The lowest BCUT2D eigenvalue weighted by Crippen LogP contribution is -2.35. The van der Waals surface area contributed by atoms with E-state index in [1.54, 1.807) is 4.90 Å². The zero-order valence-corrected chi connectivity index (χ0v) is 10.2. The number of carbonyl (C=O) groups excluding carboxylic acids is 2. The molecule has 4 nitrogen and oxygen atoms in total. The first kappa shape index (κ1) is 12.2. The van der Waals surface area contributed by atoms with Crippen LogP contribution in [0.5, 0.6) is 0 Å². The fourth-order valence-electron chi connectivity index (χ4n) is 1.56. The van der Waals surface area contributed by atoms with Crippen molar-refractivity contribution in [3.05, 3.63) is 11.8 Å². The minimum absolute atomic E-state index is 0.00940. The summed E-state index contributed by atoms with van der Waals surface area (Å²) in [6.45, 7) is 0.688. The monoisotopic (exact) mass is 275 g/mol. The van der Waals surface area contributed by atoms with Gasteiger partial charge < -0.3 is 9.64 Å². The maximum Gasteiger partial charge on any atom is 0.332 e. The molecule has 0 atom stereocenters. The molecule has 0 radical (unpaired) electrons. The molecule has 1 rings (SSSR count). The van der Waals surface area contributed by atoms with Crippen molar-refractivity contribution in [1.29, 1.82) is 0 Å². The number of methoxy groups -OCH3 is 1. The Labute approximate surface area is 97.4 Å². The third-order valence-corrected chi connectivity index (χ3v) is 2.79. The highest BCUT2D eigenvalue weighted by molar-refractivity contribution is 9.09. The van der Waals surface area contributed by atoms with Crippen molar-refractivity contribution in [3.63, 3.8) is 0 Å². The molecule has 84 valence electrons. The Kier molecular flexibility index (Phi) is 4.81. The third-order valence-electron chi connectivity index (χ3n) is 2.31. The van der Waals surface area contributed by atoms with Crippen molar-refractivity contribution in [1.82, 2.24) is 4.90 Å². The Morgan fingerprint density at radius 3 is 2.87 bits per heavy atom. The topological polar surface area (TPSA) is 46.6 Å². The van der Waals surface area contributed by atoms with E-state index in [4.69, 9.17) is 0 Å². The van der Waals surface area contributed by atoms with Crippen LogP contribution in [-0.4, -0.2) is 35.8 Å². The van der Waals surface area contributed by atoms with Crippen molar-refractivity contribution in [3.8, 4) is 0 Å². The number of piperidine rings is 1. The Balaban J connectivity index is 2.78. The van der Waals surface area contributed by atoms with Crippen LogP contribution in [0.4, 0.5) is 0 Å². The molecule has 1 aliphatic heterocycles. The normalized spacial score (nSPS) is 19.1. The van der Waals surface area contributed by atoms with E-state index in [1.165, 1.54) is 13.2 Å². The summed E-state index contributed by atoms with van der Waals surface area (Å²) in [7, 11) is 1.33. The maximum atomic E-state index is 11.5. The average Bonchev–Trinajstić information content (AvgIpc) is 2.28. The number of allylic oxidation sites excluding steroid dienone is 1. The number of hydrogen-bond donors (Lipinski definition) is 0. The van der Waals surface area contributed by atoms with E-state index in [9.17, 15) is 9.59 Å². The molecule has 1 heterocycles. The number of likely N-dealkylation sites (tertiary alicyclic amines) is 1. The standard InChI is InChI=1S/C10H14BrNO3/c1-15-10(14)6-8-4-2-3-5-12(8)9(13)7-11/h6H,2-5,7H2,1H3/b8-6+. The molecule has 0 aromatic rings. The SMILES string of the molecule is COC(=O)/C=C1\CCCCN1C(=O)CBr. The zero-order valence-electron chi connectivity index (χ0n) is 8.66. The molecule has 0 spiro atoms. The van der Waals surface area contributed by atoms with Crippen molar-refractivity contribution < 1.29 is 14.3 Å². The minimum Gasteiger partial charge on any atom is -0.466 e. The summed E-state index contributed by atoms with van der Waals surface area (Å²) in [6.07, 6.45) is 4.15. The Morgan fingerprint density at radius 2 is 2.27 bits per heavy atom. The summed E-state index contributed by atoms with van der Waals surface area (Å²) < 4.78 is 4.55. The largest absolute Gasteiger partial charge is 0.466 e. The number of carbonyl (C=O) groups is 2. The Hall–Kier alpha value is -0.840.